The average molecular weight is 255 g/mol. The van der Waals surface area contributed by atoms with Gasteiger partial charge in [-0.15, -0.1) is 11.6 Å². The zero-order valence-corrected chi connectivity index (χ0v) is 10.6. The van der Waals surface area contributed by atoms with Crippen molar-refractivity contribution < 1.29 is 9.59 Å². The van der Waals surface area contributed by atoms with Crippen LogP contribution < -0.4 is 10.6 Å². The Hall–Kier alpha value is -1.55. The fourth-order valence-electron chi connectivity index (χ4n) is 1.48. The van der Waals surface area contributed by atoms with E-state index in [2.05, 4.69) is 10.6 Å². The number of nitrogens with one attached hydrogen (secondary N) is 2. The minimum Gasteiger partial charge on any atom is -0.347 e. The van der Waals surface area contributed by atoms with Crippen LogP contribution in [0.3, 0.4) is 0 Å². The number of carbonyl (C=O) groups excluding carboxylic acids is 2. The van der Waals surface area contributed by atoms with E-state index < -0.39 is 11.8 Å². The van der Waals surface area contributed by atoms with Crippen LogP contribution in [-0.2, 0) is 9.59 Å². The first-order chi connectivity index (χ1) is 8.02. The number of benzene rings is 1. The Morgan fingerprint density at radius 2 is 1.71 bits per heavy atom. The van der Waals surface area contributed by atoms with Gasteiger partial charge in [0, 0.05) is 18.1 Å². The molecule has 0 saturated heterocycles. The van der Waals surface area contributed by atoms with E-state index in [0.29, 0.717) is 5.69 Å². The highest BCUT2D eigenvalue weighted by Crippen LogP contribution is 2.13. The van der Waals surface area contributed by atoms with Crippen molar-refractivity contribution in [1.82, 2.24) is 5.32 Å². The van der Waals surface area contributed by atoms with Gasteiger partial charge in [-0.3, -0.25) is 9.59 Å². The number of rotatable bonds is 3. The van der Waals surface area contributed by atoms with Crippen LogP contribution in [0.15, 0.2) is 18.2 Å². The molecule has 2 amide bonds. The zero-order chi connectivity index (χ0) is 12.8. The quantitative estimate of drug-likeness (QED) is 0.636. The van der Waals surface area contributed by atoms with Crippen molar-refractivity contribution in [2.75, 3.05) is 17.7 Å². The van der Waals surface area contributed by atoms with E-state index in [1.54, 1.807) is 12.1 Å². The predicted molar refractivity (Wildman–Crippen MR) is 68.3 cm³/mol. The lowest BCUT2D eigenvalue weighted by molar-refractivity contribution is -0.136. The maximum absolute atomic E-state index is 11.5. The molecule has 92 valence electrons. The minimum atomic E-state index is -0.680. The lowest BCUT2D eigenvalue weighted by atomic mass is 10.1. The molecule has 0 radical (unpaired) electrons. The molecule has 0 aliphatic carbocycles. The average Bonchev–Trinajstić information content (AvgIpc) is 2.24. The summed E-state index contributed by atoms with van der Waals surface area (Å²) < 4.78 is 0. The third-order valence-electron chi connectivity index (χ3n) is 2.07. The van der Waals surface area contributed by atoms with E-state index in [4.69, 9.17) is 11.6 Å². The molecule has 0 unspecified atom stereocenters. The number of carbonyl (C=O) groups is 2. The molecule has 0 aromatic heterocycles. The number of anilines is 1. The van der Waals surface area contributed by atoms with Crippen molar-refractivity contribution in [3.8, 4) is 0 Å². The summed E-state index contributed by atoms with van der Waals surface area (Å²) in [5, 5.41) is 4.94. The first-order valence-corrected chi connectivity index (χ1v) is 5.80. The van der Waals surface area contributed by atoms with Gasteiger partial charge in [0.2, 0.25) is 0 Å². The number of hydrogen-bond acceptors (Lipinski definition) is 2. The fraction of sp³-hybridized carbons (Fsp3) is 0.333. The Labute approximate surface area is 105 Å². The topological polar surface area (TPSA) is 58.2 Å². The maximum atomic E-state index is 11.5. The van der Waals surface area contributed by atoms with Crippen molar-refractivity contribution in [3.63, 3.8) is 0 Å². The first kappa shape index (κ1) is 13.5. The van der Waals surface area contributed by atoms with Gasteiger partial charge in [-0.05, 0) is 37.1 Å². The molecule has 0 heterocycles. The molecule has 0 saturated carbocycles. The van der Waals surface area contributed by atoms with E-state index in [1.165, 1.54) is 0 Å². The summed E-state index contributed by atoms with van der Waals surface area (Å²) in [6.45, 7) is 4.13. The molecule has 1 aromatic carbocycles. The van der Waals surface area contributed by atoms with Gasteiger partial charge in [-0.1, -0.05) is 6.07 Å². The monoisotopic (exact) mass is 254 g/mol. The molecule has 1 rings (SSSR count). The highest BCUT2D eigenvalue weighted by atomic mass is 35.5. The number of alkyl halides is 1. The summed E-state index contributed by atoms with van der Waals surface area (Å²) in [6.07, 6.45) is 0. The summed E-state index contributed by atoms with van der Waals surface area (Å²) in [5.41, 5.74) is 2.68. The van der Waals surface area contributed by atoms with E-state index in [9.17, 15) is 9.59 Å². The normalized spacial score (nSPS) is 9.82. The van der Waals surface area contributed by atoms with E-state index in [1.807, 2.05) is 19.9 Å². The highest BCUT2D eigenvalue weighted by Gasteiger charge is 2.12. The van der Waals surface area contributed by atoms with Gasteiger partial charge in [-0.25, -0.2) is 0 Å². The summed E-state index contributed by atoms with van der Waals surface area (Å²) >= 11 is 5.41. The van der Waals surface area contributed by atoms with Crippen LogP contribution in [0.4, 0.5) is 5.69 Å². The van der Waals surface area contributed by atoms with Gasteiger partial charge in [-0.2, -0.15) is 0 Å². The molecular weight excluding hydrogens is 240 g/mol. The fourth-order valence-corrected chi connectivity index (χ4v) is 1.57. The summed E-state index contributed by atoms with van der Waals surface area (Å²) in [5.74, 6) is -1.08. The van der Waals surface area contributed by atoms with Gasteiger partial charge in [0.05, 0.1) is 0 Å². The number of halogens is 1. The van der Waals surface area contributed by atoms with E-state index in [0.717, 1.165) is 11.1 Å². The van der Waals surface area contributed by atoms with Crippen molar-refractivity contribution in [1.29, 1.82) is 0 Å². The molecule has 17 heavy (non-hydrogen) atoms. The van der Waals surface area contributed by atoms with Crippen LogP contribution in [0.25, 0.3) is 0 Å². The van der Waals surface area contributed by atoms with E-state index >= 15 is 0 Å². The molecular formula is C12H15ClN2O2. The van der Waals surface area contributed by atoms with Crippen LogP contribution in [0.1, 0.15) is 11.1 Å². The largest absolute Gasteiger partial charge is 0.347 e. The Morgan fingerprint density at radius 1 is 1.12 bits per heavy atom. The second-order valence-corrected chi connectivity index (χ2v) is 4.15. The Morgan fingerprint density at radius 3 is 2.24 bits per heavy atom. The number of hydrogen-bond donors (Lipinski definition) is 2. The van der Waals surface area contributed by atoms with Crippen LogP contribution in [0, 0.1) is 13.8 Å². The molecule has 1 aromatic rings. The third-order valence-corrected chi connectivity index (χ3v) is 2.25. The lowest BCUT2D eigenvalue weighted by Crippen LogP contribution is -2.36. The smallest absolute Gasteiger partial charge is 0.313 e. The van der Waals surface area contributed by atoms with Crippen LogP contribution in [0.5, 0.6) is 0 Å². The molecule has 0 spiro atoms. The van der Waals surface area contributed by atoms with Crippen molar-refractivity contribution in [2.24, 2.45) is 0 Å². The number of aryl methyl sites for hydroxylation is 2. The highest BCUT2D eigenvalue weighted by molar-refractivity contribution is 6.39. The van der Waals surface area contributed by atoms with Crippen molar-refractivity contribution in [2.45, 2.75) is 13.8 Å². The molecule has 0 atom stereocenters. The SMILES string of the molecule is Cc1cc(C)cc(NC(=O)C(=O)NCCCl)c1. The van der Waals surface area contributed by atoms with Gasteiger partial charge < -0.3 is 10.6 Å². The Kier molecular flexibility index (Phi) is 4.97. The standard InChI is InChI=1S/C12H15ClN2O2/c1-8-5-9(2)7-10(6-8)15-12(17)11(16)14-4-3-13/h5-7H,3-4H2,1-2H3,(H,14,16)(H,15,17). The third kappa shape index (κ3) is 4.44. The van der Waals surface area contributed by atoms with Crippen LogP contribution in [-0.4, -0.2) is 24.2 Å². The molecule has 0 aliphatic heterocycles. The van der Waals surface area contributed by atoms with E-state index in [-0.39, 0.29) is 12.4 Å². The van der Waals surface area contributed by atoms with Gasteiger partial charge in [0.15, 0.2) is 0 Å². The second-order valence-electron chi connectivity index (χ2n) is 3.78. The lowest BCUT2D eigenvalue weighted by Gasteiger charge is -2.07. The summed E-state index contributed by atoms with van der Waals surface area (Å²) in [4.78, 5) is 22.8. The summed E-state index contributed by atoms with van der Waals surface area (Å²) in [7, 11) is 0. The minimum absolute atomic E-state index is 0.278. The van der Waals surface area contributed by atoms with Crippen LogP contribution in [0.2, 0.25) is 0 Å². The molecule has 2 N–H and O–H groups in total. The Balaban J connectivity index is 2.64. The molecule has 0 aliphatic rings. The van der Waals surface area contributed by atoms with Crippen molar-refractivity contribution >= 4 is 29.1 Å². The van der Waals surface area contributed by atoms with Gasteiger partial charge in [0.25, 0.3) is 0 Å². The van der Waals surface area contributed by atoms with Crippen LogP contribution >= 0.6 is 11.6 Å². The number of amides is 2. The Bertz CT molecular complexity index is 412. The van der Waals surface area contributed by atoms with Gasteiger partial charge in [0.1, 0.15) is 0 Å². The molecule has 0 bridgehead atoms. The second kappa shape index (κ2) is 6.25. The zero-order valence-electron chi connectivity index (χ0n) is 9.84. The van der Waals surface area contributed by atoms with Gasteiger partial charge >= 0.3 is 11.8 Å². The summed E-state index contributed by atoms with van der Waals surface area (Å²) in [6, 6.07) is 5.60. The first-order valence-electron chi connectivity index (χ1n) is 5.26. The molecule has 0 fully saturated rings. The predicted octanol–water partition coefficient (Wildman–Crippen LogP) is 1.60. The maximum Gasteiger partial charge on any atom is 0.313 e. The molecule has 5 heteroatoms. The van der Waals surface area contributed by atoms with Crippen molar-refractivity contribution in [3.05, 3.63) is 29.3 Å². The molecule has 4 nitrogen and oxygen atoms in total.